The Morgan fingerprint density at radius 1 is 1.53 bits per heavy atom. The molecule has 1 rings (SSSR count). The molecule has 88 valence electrons. The van der Waals surface area contributed by atoms with Gasteiger partial charge in [-0.25, -0.2) is 4.79 Å². The van der Waals surface area contributed by atoms with Gasteiger partial charge >= 0.3 is 6.09 Å². The zero-order valence-corrected chi connectivity index (χ0v) is 9.53. The molecule has 0 aromatic carbocycles. The first-order valence-corrected chi connectivity index (χ1v) is 6.43. The van der Waals surface area contributed by atoms with Crippen LogP contribution in [0.2, 0.25) is 0 Å². The van der Waals surface area contributed by atoms with Crippen molar-refractivity contribution in [3.05, 3.63) is 0 Å². The molecule has 0 radical (unpaired) electrons. The fraction of sp³-hybridized carbons (Fsp3) is 0.875. The van der Waals surface area contributed by atoms with Crippen molar-refractivity contribution in [3.8, 4) is 0 Å². The normalized spacial score (nSPS) is 26.9. The predicted octanol–water partition coefficient (Wildman–Crippen LogP) is 0.209. The molecule has 0 saturated carbocycles. The maximum Gasteiger partial charge on any atom is 0.407 e. The van der Waals surface area contributed by atoms with E-state index in [9.17, 15) is 13.2 Å². The van der Waals surface area contributed by atoms with E-state index in [4.69, 9.17) is 5.11 Å². The van der Waals surface area contributed by atoms with Gasteiger partial charge in [0.15, 0.2) is 0 Å². The smallest absolute Gasteiger partial charge is 0.407 e. The maximum atomic E-state index is 10.8. The quantitative estimate of drug-likeness (QED) is 0.709. The number of hydrogen-bond donors (Lipinski definition) is 1. The molecule has 15 heavy (non-hydrogen) atoms. The summed E-state index contributed by atoms with van der Waals surface area (Å²) in [6, 6.07) is 0. The fourth-order valence-corrected chi connectivity index (χ4v) is 2.04. The molecule has 1 unspecified atom stereocenters. The van der Waals surface area contributed by atoms with Gasteiger partial charge in [-0.15, -0.1) is 0 Å². The van der Waals surface area contributed by atoms with Crippen LogP contribution in [0.1, 0.15) is 6.92 Å². The van der Waals surface area contributed by atoms with Crippen LogP contribution in [0.4, 0.5) is 4.79 Å². The Morgan fingerprint density at radius 3 is 2.53 bits per heavy atom. The van der Waals surface area contributed by atoms with Crippen molar-refractivity contribution in [1.29, 1.82) is 0 Å². The van der Waals surface area contributed by atoms with E-state index in [0.717, 1.165) is 6.26 Å². The van der Waals surface area contributed by atoms with Crippen LogP contribution in [-0.4, -0.2) is 50.5 Å². The first-order valence-electron chi connectivity index (χ1n) is 4.62. The van der Waals surface area contributed by atoms with Gasteiger partial charge in [-0.05, 0) is 5.92 Å². The van der Waals surface area contributed by atoms with Crippen LogP contribution in [0.15, 0.2) is 0 Å². The van der Waals surface area contributed by atoms with Crippen molar-refractivity contribution in [2.24, 2.45) is 11.8 Å². The van der Waals surface area contributed by atoms with Crippen molar-refractivity contribution >= 4 is 16.2 Å². The molecular weight excluding hydrogens is 222 g/mol. The van der Waals surface area contributed by atoms with E-state index >= 15 is 0 Å². The number of likely N-dealkylation sites (tertiary alicyclic amines) is 1. The minimum Gasteiger partial charge on any atom is -0.465 e. The third kappa shape index (κ3) is 3.67. The second-order valence-electron chi connectivity index (χ2n) is 3.91. The van der Waals surface area contributed by atoms with Crippen LogP contribution >= 0.6 is 0 Å². The fourth-order valence-electron chi connectivity index (χ4n) is 1.62. The molecule has 2 atom stereocenters. The van der Waals surface area contributed by atoms with Crippen molar-refractivity contribution in [2.75, 3.05) is 26.0 Å². The number of amides is 1. The second kappa shape index (κ2) is 4.36. The maximum absolute atomic E-state index is 10.8. The molecule has 1 saturated heterocycles. The highest BCUT2D eigenvalue weighted by Crippen LogP contribution is 2.23. The van der Waals surface area contributed by atoms with Gasteiger partial charge in [-0.2, -0.15) is 8.42 Å². The van der Waals surface area contributed by atoms with E-state index in [1.54, 1.807) is 0 Å². The molecule has 0 bridgehead atoms. The monoisotopic (exact) mass is 237 g/mol. The van der Waals surface area contributed by atoms with E-state index in [-0.39, 0.29) is 18.4 Å². The summed E-state index contributed by atoms with van der Waals surface area (Å²) in [5, 5.41) is 8.74. The second-order valence-corrected chi connectivity index (χ2v) is 5.56. The zero-order chi connectivity index (χ0) is 11.6. The molecular formula is C8H15NO5S. The van der Waals surface area contributed by atoms with Crippen LogP contribution in [-0.2, 0) is 14.3 Å². The van der Waals surface area contributed by atoms with E-state index in [2.05, 4.69) is 4.18 Å². The molecule has 1 amide bonds. The number of nitrogens with zero attached hydrogens (tertiary/aromatic N) is 1. The Morgan fingerprint density at radius 2 is 2.13 bits per heavy atom. The summed E-state index contributed by atoms with van der Waals surface area (Å²) in [4.78, 5) is 11.9. The molecule has 0 spiro atoms. The number of rotatable bonds is 3. The van der Waals surface area contributed by atoms with Gasteiger partial charge in [-0.3, -0.25) is 4.18 Å². The number of carbonyl (C=O) groups is 1. The summed E-state index contributed by atoms with van der Waals surface area (Å²) in [5.74, 6) is 0.0821. The van der Waals surface area contributed by atoms with Gasteiger partial charge in [0, 0.05) is 19.0 Å². The average Bonchev–Trinajstić information content (AvgIpc) is 2.42. The first kappa shape index (κ1) is 12.3. The highest BCUT2D eigenvalue weighted by molar-refractivity contribution is 7.85. The summed E-state index contributed by atoms with van der Waals surface area (Å²) in [6.07, 6.45) is 0.0189. The molecule has 0 aromatic heterocycles. The van der Waals surface area contributed by atoms with Gasteiger partial charge in [-0.1, -0.05) is 6.92 Å². The van der Waals surface area contributed by atoms with E-state index in [1.165, 1.54) is 4.90 Å². The van der Waals surface area contributed by atoms with Gasteiger partial charge < -0.3 is 10.0 Å². The third-order valence-electron chi connectivity index (χ3n) is 2.53. The lowest BCUT2D eigenvalue weighted by atomic mass is 10.00. The van der Waals surface area contributed by atoms with Crippen molar-refractivity contribution in [1.82, 2.24) is 4.90 Å². The molecule has 1 heterocycles. The molecule has 1 aliphatic heterocycles. The Kier molecular flexibility index (Phi) is 3.56. The SMILES string of the molecule is C[C@@H]1CN(C(=O)O)CC1COS(C)(=O)=O. The standard InChI is InChI=1S/C8H15NO5S/c1-6-3-9(8(10)11)4-7(6)5-14-15(2,12)13/h6-7H,3-5H2,1-2H3,(H,10,11)/t6-,7?/m1/s1. The summed E-state index contributed by atoms with van der Waals surface area (Å²) in [5.41, 5.74) is 0. The Hall–Kier alpha value is -0.820. The molecule has 1 N–H and O–H groups in total. The topological polar surface area (TPSA) is 83.9 Å². The molecule has 6 nitrogen and oxygen atoms in total. The average molecular weight is 237 g/mol. The van der Waals surface area contributed by atoms with Gasteiger partial charge in [0.25, 0.3) is 10.1 Å². The third-order valence-corrected chi connectivity index (χ3v) is 3.10. The van der Waals surface area contributed by atoms with Crippen molar-refractivity contribution in [2.45, 2.75) is 6.92 Å². The minimum absolute atomic E-state index is 0.0455. The largest absolute Gasteiger partial charge is 0.465 e. The Bertz CT molecular complexity index is 339. The minimum atomic E-state index is -3.44. The number of hydrogen-bond acceptors (Lipinski definition) is 4. The highest BCUT2D eigenvalue weighted by Gasteiger charge is 2.33. The molecule has 0 aromatic rings. The van der Waals surface area contributed by atoms with Gasteiger partial charge in [0.05, 0.1) is 12.9 Å². The number of carboxylic acid groups (broad SMARTS) is 1. The predicted molar refractivity (Wildman–Crippen MR) is 53.0 cm³/mol. The van der Waals surface area contributed by atoms with Crippen LogP contribution in [0, 0.1) is 11.8 Å². The first-order chi connectivity index (χ1) is 6.79. The lowest BCUT2D eigenvalue weighted by Crippen LogP contribution is -2.27. The molecule has 1 fully saturated rings. The van der Waals surface area contributed by atoms with E-state index in [0.29, 0.717) is 13.1 Å². The van der Waals surface area contributed by atoms with Crippen LogP contribution in [0.3, 0.4) is 0 Å². The lowest BCUT2D eigenvalue weighted by Gasteiger charge is -2.12. The Labute approximate surface area is 89.0 Å². The summed E-state index contributed by atoms with van der Waals surface area (Å²) in [6.45, 7) is 2.72. The zero-order valence-electron chi connectivity index (χ0n) is 8.71. The van der Waals surface area contributed by atoms with Crippen molar-refractivity contribution < 1.29 is 22.5 Å². The highest BCUT2D eigenvalue weighted by atomic mass is 32.2. The molecule has 1 aliphatic rings. The van der Waals surface area contributed by atoms with Crippen LogP contribution < -0.4 is 0 Å². The van der Waals surface area contributed by atoms with Gasteiger partial charge in [0.2, 0.25) is 0 Å². The van der Waals surface area contributed by atoms with Gasteiger partial charge in [0.1, 0.15) is 0 Å². The molecule has 7 heteroatoms. The Balaban J connectivity index is 2.48. The summed E-state index contributed by atoms with van der Waals surface area (Å²) in [7, 11) is -3.44. The van der Waals surface area contributed by atoms with Crippen molar-refractivity contribution in [3.63, 3.8) is 0 Å². The van der Waals surface area contributed by atoms with E-state index < -0.39 is 16.2 Å². The van der Waals surface area contributed by atoms with E-state index in [1.807, 2.05) is 6.92 Å². The lowest BCUT2D eigenvalue weighted by molar-refractivity contribution is 0.152. The van der Waals surface area contributed by atoms with Crippen LogP contribution in [0.5, 0.6) is 0 Å². The summed E-state index contributed by atoms with van der Waals surface area (Å²) < 4.78 is 26.2. The molecule has 0 aliphatic carbocycles. The summed E-state index contributed by atoms with van der Waals surface area (Å²) >= 11 is 0. The van der Waals surface area contributed by atoms with Crippen LogP contribution in [0.25, 0.3) is 0 Å².